The fourth-order valence-electron chi connectivity index (χ4n) is 1.09. The van der Waals surface area contributed by atoms with Crippen LogP contribution in [0.5, 0.6) is 0 Å². The van der Waals surface area contributed by atoms with Crippen LogP contribution in [0.2, 0.25) is 0 Å². The lowest BCUT2D eigenvalue weighted by Gasteiger charge is -2.10. The monoisotopic (exact) mass is 207 g/mol. The Bertz CT molecular complexity index is 142. The van der Waals surface area contributed by atoms with Crippen molar-refractivity contribution in [3.63, 3.8) is 0 Å². The average Bonchev–Trinajstić information content (AvgIpc) is 2.03. The summed E-state index contributed by atoms with van der Waals surface area (Å²) in [6.45, 7) is 4.87. The molecule has 1 N–H and O–H groups in total. The molecule has 4 heteroatoms. The van der Waals surface area contributed by atoms with Gasteiger partial charge in [0.15, 0.2) is 0 Å². The SMILES string of the molecule is COCC(C)CNCCCS(C)=O. The van der Waals surface area contributed by atoms with E-state index in [0.29, 0.717) is 5.92 Å². The van der Waals surface area contributed by atoms with E-state index in [0.717, 1.165) is 31.9 Å². The molecule has 2 atom stereocenters. The third kappa shape index (κ3) is 9.99. The van der Waals surface area contributed by atoms with Gasteiger partial charge in [-0.25, -0.2) is 0 Å². The van der Waals surface area contributed by atoms with Crippen LogP contribution in [0.1, 0.15) is 13.3 Å². The Balaban J connectivity index is 3.11. The minimum atomic E-state index is -0.648. The molecule has 0 spiro atoms. The summed E-state index contributed by atoms with van der Waals surface area (Å²) in [5, 5.41) is 3.31. The Labute approximate surface area is 83.7 Å². The predicted octanol–water partition coefficient (Wildman–Crippen LogP) is 0.627. The van der Waals surface area contributed by atoms with Crippen molar-refractivity contribution >= 4 is 10.8 Å². The van der Waals surface area contributed by atoms with Crippen LogP contribution in [-0.2, 0) is 15.5 Å². The van der Waals surface area contributed by atoms with Crippen LogP contribution < -0.4 is 5.32 Å². The summed E-state index contributed by atoms with van der Waals surface area (Å²) in [4.78, 5) is 0. The van der Waals surface area contributed by atoms with Gasteiger partial charge < -0.3 is 10.1 Å². The first-order valence-corrected chi connectivity index (χ1v) is 6.39. The fraction of sp³-hybridized carbons (Fsp3) is 1.00. The maximum Gasteiger partial charge on any atom is 0.0499 e. The van der Waals surface area contributed by atoms with Gasteiger partial charge in [-0.3, -0.25) is 4.21 Å². The Morgan fingerprint density at radius 3 is 2.77 bits per heavy atom. The zero-order valence-electron chi connectivity index (χ0n) is 8.84. The molecule has 0 aliphatic carbocycles. The van der Waals surface area contributed by atoms with Gasteiger partial charge in [0.2, 0.25) is 0 Å². The lowest BCUT2D eigenvalue weighted by Crippen LogP contribution is -2.25. The standard InChI is InChI=1S/C9H21NO2S/c1-9(8-12-2)7-10-5-4-6-13(3)11/h9-10H,4-8H2,1-3H3. The maximum atomic E-state index is 10.7. The molecular formula is C9H21NO2S. The van der Waals surface area contributed by atoms with E-state index in [-0.39, 0.29) is 0 Å². The van der Waals surface area contributed by atoms with E-state index in [1.807, 2.05) is 0 Å². The van der Waals surface area contributed by atoms with Crippen LogP contribution in [0.3, 0.4) is 0 Å². The van der Waals surface area contributed by atoms with Gasteiger partial charge in [-0.1, -0.05) is 6.92 Å². The first-order chi connectivity index (χ1) is 6.16. The molecule has 0 aromatic rings. The number of methoxy groups -OCH3 is 1. The molecule has 0 saturated carbocycles. The second-order valence-electron chi connectivity index (χ2n) is 3.40. The third-order valence-corrected chi connectivity index (χ3v) is 2.59. The van der Waals surface area contributed by atoms with Crippen LogP contribution in [0.25, 0.3) is 0 Å². The fourth-order valence-corrected chi connectivity index (χ4v) is 1.64. The molecule has 0 heterocycles. The summed E-state index contributed by atoms with van der Waals surface area (Å²) in [7, 11) is 1.07. The Morgan fingerprint density at radius 2 is 2.23 bits per heavy atom. The van der Waals surface area contributed by atoms with Crippen molar-refractivity contribution < 1.29 is 8.95 Å². The van der Waals surface area contributed by atoms with E-state index in [1.165, 1.54) is 0 Å². The van der Waals surface area contributed by atoms with E-state index >= 15 is 0 Å². The summed E-state index contributed by atoms with van der Waals surface area (Å²) >= 11 is 0. The van der Waals surface area contributed by atoms with Crippen molar-refractivity contribution in [1.29, 1.82) is 0 Å². The van der Waals surface area contributed by atoms with Gasteiger partial charge in [0.25, 0.3) is 0 Å². The van der Waals surface area contributed by atoms with Gasteiger partial charge in [0.05, 0.1) is 0 Å². The second-order valence-corrected chi connectivity index (χ2v) is 4.95. The molecule has 0 saturated heterocycles. The first-order valence-electron chi connectivity index (χ1n) is 4.66. The van der Waals surface area contributed by atoms with Crippen LogP contribution in [-0.4, -0.2) is 43.0 Å². The Kier molecular flexibility index (Phi) is 8.71. The first kappa shape index (κ1) is 13.1. The highest BCUT2D eigenvalue weighted by atomic mass is 32.2. The summed E-state index contributed by atoms with van der Waals surface area (Å²) in [6.07, 6.45) is 2.73. The highest BCUT2D eigenvalue weighted by Gasteiger charge is 1.99. The number of ether oxygens (including phenoxy) is 1. The summed E-state index contributed by atoms with van der Waals surface area (Å²) in [6, 6.07) is 0. The predicted molar refractivity (Wildman–Crippen MR) is 57.5 cm³/mol. The number of rotatable bonds is 8. The summed E-state index contributed by atoms with van der Waals surface area (Å²) in [5.41, 5.74) is 0. The van der Waals surface area contributed by atoms with Crippen molar-refractivity contribution in [3.05, 3.63) is 0 Å². The molecule has 80 valence electrons. The largest absolute Gasteiger partial charge is 0.384 e. The molecule has 0 aromatic carbocycles. The molecule has 2 unspecified atom stereocenters. The van der Waals surface area contributed by atoms with Crippen molar-refractivity contribution in [2.45, 2.75) is 13.3 Å². The van der Waals surface area contributed by atoms with Gasteiger partial charge in [-0.15, -0.1) is 0 Å². The van der Waals surface area contributed by atoms with Crippen molar-refractivity contribution in [2.75, 3.05) is 38.8 Å². The molecular weight excluding hydrogens is 186 g/mol. The molecule has 3 nitrogen and oxygen atoms in total. The zero-order valence-corrected chi connectivity index (χ0v) is 9.65. The minimum Gasteiger partial charge on any atom is -0.384 e. The zero-order chi connectivity index (χ0) is 10.1. The van der Waals surface area contributed by atoms with Crippen LogP contribution >= 0.6 is 0 Å². The quantitative estimate of drug-likeness (QED) is 0.593. The highest BCUT2D eigenvalue weighted by molar-refractivity contribution is 7.84. The van der Waals surface area contributed by atoms with E-state index in [4.69, 9.17) is 4.74 Å². The van der Waals surface area contributed by atoms with E-state index < -0.39 is 10.8 Å². The summed E-state index contributed by atoms with van der Waals surface area (Å²) in [5.74, 6) is 1.35. The lowest BCUT2D eigenvalue weighted by atomic mass is 10.2. The second kappa shape index (κ2) is 8.66. The Hall–Kier alpha value is 0.0700. The molecule has 0 amide bonds. The van der Waals surface area contributed by atoms with Gasteiger partial charge in [-0.05, 0) is 25.4 Å². The molecule has 0 aliphatic heterocycles. The highest BCUT2D eigenvalue weighted by Crippen LogP contribution is 1.92. The molecule has 0 rings (SSSR count). The average molecular weight is 207 g/mol. The molecule has 0 aromatic heterocycles. The molecule has 13 heavy (non-hydrogen) atoms. The number of hydrogen-bond donors (Lipinski definition) is 1. The number of nitrogens with one attached hydrogen (secondary N) is 1. The summed E-state index contributed by atoms with van der Waals surface area (Å²) < 4.78 is 15.7. The van der Waals surface area contributed by atoms with Crippen LogP contribution in [0.15, 0.2) is 0 Å². The number of hydrogen-bond acceptors (Lipinski definition) is 3. The van der Waals surface area contributed by atoms with Crippen molar-refractivity contribution in [1.82, 2.24) is 5.32 Å². The van der Waals surface area contributed by atoms with Gasteiger partial charge >= 0.3 is 0 Å². The molecule has 0 fully saturated rings. The molecule has 0 bridgehead atoms. The van der Waals surface area contributed by atoms with Crippen LogP contribution in [0.4, 0.5) is 0 Å². The van der Waals surface area contributed by atoms with E-state index in [1.54, 1.807) is 13.4 Å². The van der Waals surface area contributed by atoms with Crippen molar-refractivity contribution in [3.8, 4) is 0 Å². The van der Waals surface area contributed by atoms with Crippen molar-refractivity contribution in [2.24, 2.45) is 5.92 Å². The van der Waals surface area contributed by atoms with E-state index in [2.05, 4.69) is 12.2 Å². The van der Waals surface area contributed by atoms with E-state index in [9.17, 15) is 4.21 Å². The Morgan fingerprint density at radius 1 is 1.54 bits per heavy atom. The normalized spacial score (nSPS) is 15.6. The molecule has 0 aliphatic rings. The van der Waals surface area contributed by atoms with Gasteiger partial charge in [0.1, 0.15) is 0 Å². The minimum absolute atomic E-state index is 0.553. The lowest BCUT2D eigenvalue weighted by molar-refractivity contribution is 0.158. The smallest absolute Gasteiger partial charge is 0.0499 e. The van der Waals surface area contributed by atoms with Gasteiger partial charge in [0, 0.05) is 36.5 Å². The van der Waals surface area contributed by atoms with Crippen LogP contribution in [0, 0.1) is 5.92 Å². The maximum absolute atomic E-state index is 10.7. The third-order valence-electron chi connectivity index (χ3n) is 1.73. The topological polar surface area (TPSA) is 38.3 Å². The van der Waals surface area contributed by atoms with Gasteiger partial charge in [-0.2, -0.15) is 0 Å². The molecule has 0 radical (unpaired) electrons.